The zero-order valence-corrected chi connectivity index (χ0v) is 10.7. The average Bonchev–Trinajstić information content (AvgIpc) is 3.05. The molecule has 1 saturated carbocycles. The molecular weight excluding hydrogens is 285 g/mol. The van der Waals surface area contributed by atoms with Crippen molar-refractivity contribution in [3.05, 3.63) is 46.2 Å². The molecule has 3 nitrogen and oxygen atoms in total. The summed E-state index contributed by atoms with van der Waals surface area (Å²) in [5, 5.41) is 4.37. The van der Waals surface area contributed by atoms with Gasteiger partial charge >= 0.3 is 0 Å². The summed E-state index contributed by atoms with van der Waals surface area (Å²) in [4.78, 5) is 4.25. The van der Waals surface area contributed by atoms with Crippen LogP contribution in [0.5, 0.6) is 0 Å². The largest absolute Gasteiger partial charge is 0.248 e. The highest BCUT2D eigenvalue weighted by Gasteiger charge is 2.27. The van der Waals surface area contributed by atoms with Gasteiger partial charge in [-0.25, -0.2) is 14.1 Å². The van der Waals surface area contributed by atoms with E-state index in [2.05, 4.69) is 26.0 Å². The lowest BCUT2D eigenvalue weighted by molar-refractivity contribution is 0.580. The van der Waals surface area contributed by atoms with Gasteiger partial charge in [-0.05, 0) is 25.0 Å². The Labute approximate surface area is 107 Å². The predicted octanol–water partition coefficient (Wildman–Crippen LogP) is 3.11. The first-order valence-corrected chi connectivity index (χ1v) is 6.35. The summed E-state index contributed by atoms with van der Waals surface area (Å²) in [6, 6.07) is 4.97. The highest BCUT2D eigenvalue weighted by atomic mass is 79.9. The maximum Gasteiger partial charge on any atom is 0.153 e. The van der Waals surface area contributed by atoms with E-state index in [4.69, 9.17) is 0 Å². The summed E-state index contributed by atoms with van der Waals surface area (Å²) in [5.74, 6) is 1.20. The van der Waals surface area contributed by atoms with Gasteiger partial charge in [-0.3, -0.25) is 0 Å². The molecule has 0 saturated heterocycles. The maximum absolute atomic E-state index is 13.6. The molecule has 1 fully saturated rings. The fraction of sp³-hybridized carbons (Fsp3) is 0.333. The van der Waals surface area contributed by atoms with Crippen molar-refractivity contribution in [3.8, 4) is 0 Å². The molecule has 1 aliphatic rings. The summed E-state index contributed by atoms with van der Waals surface area (Å²) in [5.41, 5.74) is 0.611. The number of hydrogen-bond acceptors (Lipinski definition) is 2. The topological polar surface area (TPSA) is 30.7 Å². The van der Waals surface area contributed by atoms with Gasteiger partial charge in [-0.15, -0.1) is 0 Å². The maximum atomic E-state index is 13.6. The monoisotopic (exact) mass is 295 g/mol. The molecule has 1 aromatic carbocycles. The van der Waals surface area contributed by atoms with E-state index in [1.54, 1.807) is 17.1 Å². The average molecular weight is 296 g/mol. The van der Waals surface area contributed by atoms with E-state index in [9.17, 15) is 4.39 Å². The van der Waals surface area contributed by atoms with Crippen LogP contribution < -0.4 is 0 Å². The molecule has 0 unspecified atom stereocenters. The highest BCUT2D eigenvalue weighted by molar-refractivity contribution is 9.10. The molecule has 1 aromatic heterocycles. The summed E-state index contributed by atoms with van der Waals surface area (Å²) in [6.45, 7) is 0.410. The van der Waals surface area contributed by atoms with E-state index in [1.165, 1.54) is 18.9 Å². The van der Waals surface area contributed by atoms with Gasteiger partial charge < -0.3 is 0 Å². The zero-order chi connectivity index (χ0) is 11.8. The van der Waals surface area contributed by atoms with Crippen LogP contribution in [0.25, 0.3) is 0 Å². The van der Waals surface area contributed by atoms with Gasteiger partial charge in [0.15, 0.2) is 5.82 Å². The van der Waals surface area contributed by atoms with Crippen LogP contribution in [0.15, 0.2) is 29.0 Å². The Morgan fingerprint density at radius 1 is 1.41 bits per heavy atom. The number of halogens is 2. The van der Waals surface area contributed by atoms with Gasteiger partial charge in [-0.1, -0.05) is 22.0 Å². The number of benzene rings is 1. The van der Waals surface area contributed by atoms with Gasteiger partial charge in [0.2, 0.25) is 0 Å². The molecule has 1 heterocycles. The Morgan fingerprint density at radius 2 is 2.24 bits per heavy atom. The second-order valence-electron chi connectivity index (χ2n) is 4.27. The lowest BCUT2D eigenvalue weighted by Crippen LogP contribution is -2.04. The molecule has 88 valence electrons. The molecule has 0 spiro atoms. The Kier molecular flexibility index (Phi) is 2.70. The molecule has 0 radical (unpaired) electrons. The SMILES string of the molecule is Fc1cccc(Br)c1Cn1cnc(C2CC2)n1. The summed E-state index contributed by atoms with van der Waals surface area (Å²) >= 11 is 3.35. The van der Waals surface area contributed by atoms with Gasteiger partial charge in [0.1, 0.15) is 12.1 Å². The number of aromatic nitrogens is 3. The summed E-state index contributed by atoms with van der Waals surface area (Å²) < 4.78 is 16.1. The van der Waals surface area contributed by atoms with Crippen LogP contribution in [0.2, 0.25) is 0 Å². The van der Waals surface area contributed by atoms with Crippen molar-refractivity contribution in [2.24, 2.45) is 0 Å². The summed E-state index contributed by atoms with van der Waals surface area (Å²) in [7, 11) is 0. The third kappa shape index (κ3) is 2.24. The minimum atomic E-state index is -0.220. The number of nitrogens with zero attached hydrogens (tertiary/aromatic N) is 3. The van der Waals surface area contributed by atoms with E-state index in [1.807, 2.05) is 6.07 Å². The fourth-order valence-corrected chi connectivity index (χ4v) is 2.23. The normalized spacial score (nSPS) is 15.2. The van der Waals surface area contributed by atoms with Crippen molar-refractivity contribution in [1.29, 1.82) is 0 Å². The third-order valence-corrected chi connectivity index (χ3v) is 3.62. The predicted molar refractivity (Wildman–Crippen MR) is 65.2 cm³/mol. The lowest BCUT2D eigenvalue weighted by atomic mass is 10.2. The number of hydrogen-bond donors (Lipinski definition) is 0. The van der Waals surface area contributed by atoms with Crippen molar-refractivity contribution < 1.29 is 4.39 Å². The first kappa shape index (κ1) is 10.9. The van der Waals surface area contributed by atoms with E-state index >= 15 is 0 Å². The Bertz CT molecular complexity index is 528. The second kappa shape index (κ2) is 4.22. The van der Waals surface area contributed by atoms with Gasteiger partial charge in [0, 0.05) is 16.0 Å². The van der Waals surface area contributed by atoms with Gasteiger partial charge in [0.25, 0.3) is 0 Å². The minimum Gasteiger partial charge on any atom is -0.248 e. The van der Waals surface area contributed by atoms with Crippen molar-refractivity contribution in [3.63, 3.8) is 0 Å². The molecule has 3 rings (SSSR count). The molecule has 5 heteroatoms. The van der Waals surface area contributed by atoms with Gasteiger partial charge in [-0.2, -0.15) is 5.10 Å². The highest BCUT2D eigenvalue weighted by Crippen LogP contribution is 2.37. The second-order valence-corrected chi connectivity index (χ2v) is 5.13. The van der Waals surface area contributed by atoms with Crippen LogP contribution in [0.1, 0.15) is 30.1 Å². The van der Waals surface area contributed by atoms with Crippen LogP contribution in [0, 0.1) is 5.82 Å². The third-order valence-electron chi connectivity index (χ3n) is 2.88. The van der Waals surface area contributed by atoms with Crippen LogP contribution in [0.3, 0.4) is 0 Å². The fourth-order valence-electron chi connectivity index (χ4n) is 1.76. The van der Waals surface area contributed by atoms with Crippen molar-refractivity contribution in [2.75, 3.05) is 0 Å². The molecule has 0 amide bonds. The molecular formula is C12H11BrFN3. The van der Waals surface area contributed by atoms with Crippen molar-refractivity contribution >= 4 is 15.9 Å². The van der Waals surface area contributed by atoms with E-state index in [-0.39, 0.29) is 5.82 Å². The Balaban J connectivity index is 1.85. The van der Waals surface area contributed by atoms with Crippen LogP contribution >= 0.6 is 15.9 Å². The first-order valence-electron chi connectivity index (χ1n) is 5.56. The van der Waals surface area contributed by atoms with Crippen molar-refractivity contribution in [2.45, 2.75) is 25.3 Å². The molecule has 0 bridgehead atoms. The molecule has 0 atom stereocenters. The smallest absolute Gasteiger partial charge is 0.153 e. The van der Waals surface area contributed by atoms with Crippen LogP contribution in [0.4, 0.5) is 4.39 Å². The van der Waals surface area contributed by atoms with Crippen molar-refractivity contribution in [1.82, 2.24) is 14.8 Å². The lowest BCUT2D eigenvalue weighted by Gasteiger charge is -2.05. The number of rotatable bonds is 3. The molecule has 0 aliphatic heterocycles. The Hall–Kier alpha value is -1.23. The molecule has 1 aliphatic carbocycles. The van der Waals surface area contributed by atoms with Crippen LogP contribution in [-0.4, -0.2) is 14.8 Å². The first-order chi connectivity index (χ1) is 8.24. The quantitative estimate of drug-likeness (QED) is 0.871. The molecule has 2 aromatic rings. The van der Waals surface area contributed by atoms with Crippen LogP contribution in [-0.2, 0) is 6.54 Å². The van der Waals surface area contributed by atoms with E-state index in [0.29, 0.717) is 18.0 Å². The zero-order valence-electron chi connectivity index (χ0n) is 9.11. The minimum absolute atomic E-state index is 0.220. The van der Waals surface area contributed by atoms with E-state index in [0.717, 1.165) is 10.3 Å². The molecule has 17 heavy (non-hydrogen) atoms. The van der Waals surface area contributed by atoms with Gasteiger partial charge in [0.05, 0.1) is 6.54 Å². The summed E-state index contributed by atoms with van der Waals surface area (Å²) in [6.07, 6.45) is 4.02. The Morgan fingerprint density at radius 3 is 2.94 bits per heavy atom. The standard InChI is InChI=1S/C12H11BrFN3/c13-10-2-1-3-11(14)9(10)6-17-7-15-12(16-17)8-4-5-8/h1-3,7-8H,4-6H2. The van der Waals surface area contributed by atoms with E-state index < -0.39 is 0 Å². The molecule has 0 N–H and O–H groups in total.